The molecular weight excluding hydrogens is 122 g/mol. The molecular formula is C5H5NOS. The molecule has 0 N–H and O–H groups in total. The van der Waals surface area contributed by atoms with Crippen LogP contribution in [0.4, 0.5) is 0 Å². The second kappa shape index (κ2) is 2.57. The Bertz CT molecular complexity index is 163. The molecule has 1 heterocycles. The molecule has 1 aliphatic heterocycles. The third-order valence-electron chi connectivity index (χ3n) is 0.666. The summed E-state index contributed by atoms with van der Waals surface area (Å²) in [7, 11) is -0.944. The zero-order valence-electron chi connectivity index (χ0n) is 4.15. The molecule has 0 radical (unpaired) electrons. The Hall–Kier alpha value is -0.700. The van der Waals surface area contributed by atoms with Gasteiger partial charge in [0.25, 0.3) is 0 Å². The predicted molar refractivity (Wildman–Crippen MR) is 34.9 cm³/mol. The van der Waals surface area contributed by atoms with Crippen LogP contribution in [0, 0.1) is 0 Å². The van der Waals surface area contributed by atoms with Crippen molar-refractivity contribution >= 4 is 17.0 Å². The fraction of sp³-hybridized carbons (Fsp3) is 0. The van der Waals surface area contributed by atoms with Gasteiger partial charge in [-0.25, -0.2) is 0 Å². The molecule has 1 aliphatic rings. The highest BCUT2D eigenvalue weighted by molar-refractivity contribution is 7.90. The van der Waals surface area contributed by atoms with Crippen molar-refractivity contribution < 1.29 is 4.21 Å². The van der Waals surface area contributed by atoms with Gasteiger partial charge < -0.3 is 0 Å². The van der Waals surface area contributed by atoms with Crippen LogP contribution >= 0.6 is 0 Å². The van der Waals surface area contributed by atoms with E-state index in [-0.39, 0.29) is 0 Å². The molecule has 2 nitrogen and oxygen atoms in total. The summed E-state index contributed by atoms with van der Waals surface area (Å²) in [5.74, 6) is 0. The van der Waals surface area contributed by atoms with Crippen LogP contribution in [-0.4, -0.2) is 10.4 Å². The van der Waals surface area contributed by atoms with Gasteiger partial charge in [0.1, 0.15) is 0 Å². The molecule has 0 saturated heterocycles. The average Bonchev–Trinajstić information content (AvgIpc) is 1.94. The van der Waals surface area contributed by atoms with E-state index in [1.165, 1.54) is 11.6 Å². The highest BCUT2D eigenvalue weighted by Crippen LogP contribution is 1.90. The fourth-order valence-electron chi connectivity index (χ4n) is 0.352. The Labute approximate surface area is 50.1 Å². The van der Waals surface area contributed by atoms with Crippen molar-refractivity contribution in [1.29, 1.82) is 0 Å². The molecule has 1 unspecified atom stereocenters. The van der Waals surface area contributed by atoms with E-state index in [0.717, 1.165) is 0 Å². The molecule has 0 aromatic rings. The van der Waals surface area contributed by atoms with Gasteiger partial charge in [-0.1, -0.05) is 0 Å². The molecule has 3 heteroatoms. The van der Waals surface area contributed by atoms with Gasteiger partial charge in [0.05, 0.1) is 10.8 Å². The Kier molecular flexibility index (Phi) is 1.75. The van der Waals surface area contributed by atoms with Gasteiger partial charge in [0, 0.05) is 23.2 Å². The Morgan fingerprint density at radius 1 is 1.38 bits per heavy atom. The quantitative estimate of drug-likeness (QED) is 0.473. The first-order chi connectivity index (χ1) is 3.89. The van der Waals surface area contributed by atoms with Gasteiger partial charge in [-0.15, -0.1) is 0 Å². The van der Waals surface area contributed by atoms with E-state index >= 15 is 0 Å². The van der Waals surface area contributed by atoms with Crippen LogP contribution in [0.3, 0.4) is 0 Å². The van der Waals surface area contributed by atoms with Gasteiger partial charge in [0.15, 0.2) is 0 Å². The lowest BCUT2D eigenvalue weighted by Crippen LogP contribution is -1.70. The monoisotopic (exact) mass is 127 g/mol. The van der Waals surface area contributed by atoms with Crippen LogP contribution in [0.15, 0.2) is 28.1 Å². The van der Waals surface area contributed by atoms with E-state index in [1.54, 1.807) is 17.7 Å². The minimum atomic E-state index is -0.944. The summed E-state index contributed by atoms with van der Waals surface area (Å²) >= 11 is 0. The summed E-state index contributed by atoms with van der Waals surface area (Å²) in [6, 6.07) is 0. The van der Waals surface area contributed by atoms with Crippen molar-refractivity contribution in [2.45, 2.75) is 0 Å². The summed E-state index contributed by atoms with van der Waals surface area (Å²) < 4.78 is 10.5. The van der Waals surface area contributed by atoms with Gasteiger partial charge in [-0.05, 0) is 6.08 Å². The molecule has 1 atom stereocenters. The minimum absolute atomic E-state index is 0.944. The zero-order chi connectivity index (χ0) is 5.82. The number of hydrogen-bond acceptors (Lipinski definition) is 2. The lowest BCUT2D eigenvalue weighted by molar-refractivity contribution is 0.693. The first kappa shape index (κ1) is 5.44. The summed E-state index contributed by atoms with van der Waals surface area (Å²) in [4.78, 5) is 3.74. The topological polar surface area (TPSA) is 29.4 Å². The van der Waals surface area contributed by atoms with E-state index < -0.39 is 10.8 Å². The molecule has 0 aliphatic carbocycles. The van der Waals surface area contributed by atoms with Gasteiger partial charge in [0.2, 0.25) is 0 Å². The average molecular weight is 127 g/mol. The Morgan fingerprint density at radius 2 is 2.25 bits per heavy atom. The predicted octanol–water partition coefficient (Wildman–Crippen LogP) is 0.804. The zero-order valence-corrected chi connectivity index (χ0v) is 4.97. The number of rotatable bonds is 0. The molecule has 0 bridgehead atoms. The normalized spacial score (nSPS) is 25.8. The molecule has 0 fully saturated rings. The molecule has 8 heavy (non-hydrogen) atoms. The third-order valence-corrected chi connectivity index (χ3v) is 1.48. The van der Waals surface area contributed by atoms with Crippen LogP contribution < -0.4 is 0 Å². The highest BCUT2D eigenvalue weighted by Gasteiger charge is 1.83. The maximum absolute atomic E-state index is 10.5. The van der Waals surface area contributed by atoms with Crippen molar-refractivity contribution in [3.63, 3.8) is 0 Å². The van der Waals surface area contributed by atoms with E-state index in [2.05, 4.69) is 4.99 Å². The molecule has 0 aromatic carbocycles. The largest absolute Gasteiger partial charge is 0.264 e. The maximum atomic E-state index is 10.5. The molecule has 42 valence electrons. The minimum Gasteiger partial charge on any atom is -0.264 e. The first-order valence-electron chi connectivity index (χ1n) is 2.15. The lowest BCUT2D eigenvalue weighted by atomic mass is 10.7. The summed E-state index contributed by atoms with van der Waals surface area (Å²) in [6.07, 6.45) is 4.79. The standard InChI is InChI=1S/C5H5NOS/c7-8-4-1-2-6-3-5-8/h1-5H. The van der Waals surface area contributed by atoms with Crippen LogP contribution in [0.1, 0.15) is 0 Å². The first-order valence-corrected chi connectivity index (χ1v) is 3.43. The Morgan fingerprint density at radius 3 is 3.12 bits per heavy atom. The second-order valence-corrected chi connectivity index (χ2v) is 2.44. The Balaban J connectivity index is 2.81. The maximum Gasteiger partial charge on any atom is 0.0718 e. The third kappa shape index (κ3) is 1.42. The van der Waals surface area contributed by atoms with E-state index in [4.69, 9.17) is 0 Å². The van der Waals surface area contributed by atoms with Crippen molar-refractivity contribution in [1.82, 2.24) is 0 Å². The molecule has 0 aromatic heterocycles. The van der Waals surface area contributed by atoms with Crippen LogP contribution in [0.25, 0.3) is 0 Å². The number of hydrogen-bond donors (Lipinski definition) is 0. The van der Waals surface area contributed by atoms with Gasteiger partial charge >= 0.3 is 0 Å². The van der Waals surface area contributed by atoms with Gasteiger partial charge in [-0.3, -0.25) is 9.20 Å². The van der Waals surface area contributed by atoms with Crippen LogP contribution in [0.2, 0.25) is 0 Å². The molecule has 0 spiro atoms. The van der Waals surface area contributed by atoms with E-state index in [1.807, 2.05) is 0 Å². The summed E-state index contributed by atoms with van der Waals surface area (Å²) in [5, 5.41) is 3.10. The fourth-order valence-corrected chi connectivity index (χ4v) is 0.859. The second-order valence-electron chi connectivity index (χ2n) is 1.24. The summed E-state index contributed by atoms with van der Waals surface area (Å²) in [5.41, 5.74) is 0. The van der Waals surface area contributed by atoms with Crippen LogP contribution in [0.5, 0.6) is 0 Å². The highest BCUT2D eigenvalue weighted by atomic mass is 32.2. The van der Waals surface area contributed by atoms with E-state index in [9.17, 15) is 4.21 Å². The van der Waals surface area contributed by atoms with Crippen LogP contribution in [-0.2, 0) is 10.8 Å². The SMILES string of the molecule is O=S1C=CC=NC=C1. The van der Waals surface area contributed by atoms with Crippen molar-refractivity contribution in [2.24, 2.45) is 4.99 Å². The summed E-state index contributed by atoms with van der Waals surface area (Å²) in [6.45, 7) is 0. The van der Waals surface area contributed by atoms with Crippen molar-refractivity contribution in [3.8, 4) is 0 Å². The molecule has 1 rings (SSSR count). The van der Waals surface area contributed by atoms with E-state index in [0.29, 0.717) is 0 Å². The van der Waals surface area contributed by atoms with Crippen molar-refractivity contribution in [2.75, 3.05) is 0 Å². The number of aliphatic imine (C=N–C) groups is 1. The lowest BCUT2D eigenvalue weighted by Gasteiger charge is -1.73. The number of nitrogens with zero attached hydrogens (tertiary/aromatic N) is 1. The van der Waals surface area contributed by atoms with Gasteiger partial charge in [-0.2, -0.15) is 0 Å². The molecule has 0 saturated carbocycles. The number of allylic oxidation sites excluding steroid dienone is 1. The molecule has 0 amide bonds. The van der Waals surface area contributed by atoms with Crippen molar-refractivity contribution in [3.05, 3.63) is 23.1 Å². The smallest absolute Gasteiger partial charge is 0.0718 e.